The Morgan fingerprint density at radius 3 is 2.00 bits per heavy atom. The maximum Gasteiger partial charge on any atom is 0.332 e. The lowest BCUT2D eigenvalue weighted by atomic mass is 10.1. The van der Waals surface area contributed by atoms with Gasteiger partial charge in [0.2, 0.25) is 0 Å². The molecule has 4 nitrogen and oxygen atoms in total. The third-order valence-corrected chi connectivity index (χ3v) is 6.36. The molecule has 5 heteroatoms. The minimum absolute atomic E-state index is 0.352. The Balaban J connectivity index is 1.65. The van der Waals surface area contributed by atoms with E-state index in [0.29, 0.717) is 17.4 Å². The van der Waals surface area contributed by atoms with Crippen molar-refractivity contribution in [1.82, 2.24) is 0 Å². The van der Waals surface area contributed by atoms with E-state index in [1.165, 1.54) is 77.7 Å². The van der Waals surface area contributed by atoms with Crippen LogP contribution in [0.2, 0.25) is 5.02 Å². The van der Waals surface area contributed by atoms with E-state index in [-0.39, 0.29) is 5.97 Å². The van der Waals surface area contributed by atoms with Crippen LogP contribution in [0.3, 0.4) is 0 Å². The average Bonchev–Trinajstić information content (AvgIpc) is 2.86. The van der Waals surface area contributed by atoms with Crippen molar-refractivity contribution in [2.75, 3.05) is 19.0 Å². The van der Waals surface area contributed by atoms with E-state index in [1.807, 2.05) is 42.5 Å². The van der Waals surface area contributed by atoms with Gasteiger partial charge < -0.3 is 14.8 Å². The summed E-state index contributed by atoms with van der Waals surface area (Å²) < 4.78 is 10.9. The molecular formula is C29H42ClNO3. The predicted molar refractivity (Wildman–Crippen MR) is 143 cm³/mol. The highest BCUT2D eigenvalue weighted by atomic mass is 35.5. The van der Waals surface area contributed by atoms with Crippen LogP contribution in [-0.4, -0.2) is 19.7 Å². The van der Waals surface area contributed by atoms with Crippen molar-refractivity contribution >= 4 is 23.3 Å². The molecule has 2 aromatic carbocycles. The molecule has 0 bridgehead atoms. The minimum atomic E-state index is -0.602. The lowest BCUT2D eigenvalue weighted by molar-refractivity contribution is -0.141. The Bertz CT molecular complexity index is 812. The van der Waals surface area contributed by atoms with Crippen molar-refractivity contribution in [3.05, 3.63) is 59.1 Å². The first kappa shape index (κ1) is 28.0. The van der Waals surface area contributed by atoms with Gasteiger partial charge in [-0.2, -0.15) is 0 Å². The molecule has 0 saturated carbocycles. The molecule has 188 valence electrons. The second-order valence-corrected chi connectivity index (χ2v) is 9.30. The van der Waals surface area contributed by atoms with Gasteiger partial charge in [-0.1, -0.05) is 119 Å². The molecule has 0 spiro atoms. The summed E-state index contributed by atoms with van der Waals surface area (Å²) in [6.07, 6.45) is 15.8. The average molecular weight is 488 g/mol. The number of esters is 1. The fourth-order valence-electron chi connectivity index (χ4n) is 4.04. The quantitative estimate of drug-likeness (QED) is 0.168. The molecule has 0 heterocycles. The molecule has 0 aliphatic heterocycles. The number of halogens is 1. The summed E-state index contributed by atoms with van der Waals surface area (Å²) in [6.45, 7) is 2.93. The van der Waals surface area contributed by atoms with Gasteiger partial charge in [0.15, 0.2) is 6.04 Å². The van der Waals surface area contributed by atoms with Crippen LogP contribution in [0.1, 0.15) is 95.6 Å². The predicted octanol–water partition coefficient (Wildman–Crippen LogP) is 8.75. The molecule has 0 saturated heterocycles. The van der Waals surface area contributed by atoms with E-state index in [9.17, 15) is 4.79 Å². The summed E-state index contributed by atoms with van der Waals surface area (Å²) in [4.78, 5) is 12.3. The molecule has 0 aliphatic carbocycles. The number of hydrogen-bond donors (Lipinski definition) is 1. The first-order valence-electron chi connectivity index (χ1n) is 13.0. The zero-order valence-corrected chi connectivity index (χ0v) is 21.7. The van der Waals surface area contributed by atoms with Crippen molar-refractivity contribution in [2.45, 2.75) is 90.0 Å². The highest BCUT2D eigenvalue weighted by Gasteiger charge is 2.21. The van der Waals surface area contributed by atoms with Gasteiger partial charge in [0, 0.05) is 5.69 Å². The number of hydrogen-bond acceptors (Lipinski definition) is 4. The topological polar surface area (TPSA) is 47.6 Å². The van der Waals surface area contributed by atoms with Gasteiger partial charge in [-0.25, -0.2) is 4.79 Å². The molecule has 0 fully saturated rings. The van der Waals surface area contributed by atoms with Gasteiger partial charge >= 0.3 is 5.97 Å². The summed E-state index contributed by atoms with van der Waals surface area (Å²) in [5.41, 5.74) is 1.57. The van der Waals surface area contributed by atoms with Gasteiger partial charge in [-0.15, -0.1) is 0 Å². The molecule has 0 aliphatic rings. The summed E-state index contributed by atoms with van der Waals surface area (Å²) in [7, 11) is 1.39. The van der Waals surface area contributed by atoms with E-state index in [0.717, 1.165) is 17.7 Å². The van der Waals surface area contributed by atoms with Crippen LogP contribution in [0.25, 0.3) is 0 Å². The highest BCUT2D eigenvalue weighted by Crippen LogP contribution is 2.30. The maximum atomic E-state index is 12.3. The molecule has 34 heavy (non-hydrogen) atoms. The van der Waals surface area contributed by atoms with E-state index in [4.69, 9.17) is 21.1 Å². The number of carbonyl (C=O) groups excluding carboxylic acids is 1. The van der Waals surface area contributed by atoms with Crippen LogP contribution in [0, 0.1) is 0 Å². The van der Waals surface area contributed by atoms with Gasteiger partial charge in [-0.05, 0) is 30.2 Å². The van der Waals surface area contributed by atoms with E-state index in [2.05, 4.69) is 12.2 Å². The summed E-state index contributed by atoms with van der Waals surface area (Å²) >= 11 is 6.44. The number of methoxy groups -OCH3 is 1. The Hall–Kier alpha value is -2.20. The van der Waals surface area contributed by atoms with E-state index < -0.39 is 6.04 Å². The molecule has 0 amide bonds. The minimum Gasteiger partial charge on any atom is -0.492 e. The number of benzene rings is 2. The van der Waals surface area contributed by atoms with Crippen LogP contribution < -0.4 is 10.1 Å². The largest absolute Gasteiger partial charge is 0.492 e. The monoisotopic (exact) mass is 487 g/mol. The summed E-state index contributed by atoms with van der Waals surface area (Å²) in [6, 6.07) is 14.4. The smallest absolute Gasteiger partial charge is 0.332 e. The Labute approximate surface area is 211 Å². The zero-order chi connectivity index (χ0) is 24.4. The van der Waals surface area contributed by atoms with Crippen LogP contribution in [-0.2, 0) is 9.53 Å². The normalized spacial score (nSPS) is 11.7. The Kier molecular flexibility index (Phi) is 14.2. The summed E-state index contributed by atoms with van der Waals surface area (Å²) in [5.74, 6) is 0.319. The fourth-order valence-corrected chi connectivity index (χ4v) is 4.28. The number of carbonyl (C=O) groups is 1. The van der Waals surface area contributed by atoms with Crippen LogP contribution in [0.4, 0.5) is 5.69 Å². The highest BCUT2D eigenvalue weighted by molar-refractivity contribution is 6.32. The molecule has 1 N–H and O–H groups in total. The fraction of sp³-hybridized carbons (Fsp3) is 0.552. The second kappa shape index (κ2) is 17.3. The summed E-state index contributed by atoms with van der Waals surface area (Å²) in [5, 5.41) is 3.75. The first-order chi connectivity index (χ1) is 16.7. The van der Waals surface area contributed by atoms with Crippen molar-refractivity contribution < 1.29 is 14.3 Å². The van der Waals surface area contributed by atoms with Crippen LogP contribution in [0.15, 0.2) is 48.5 Å². The standard InChI is InChI=1S/C29H42ClNO3/c1-3-4-5-6-7-8-9-10-11-12-13-17-22-34-27-21-20-25(23-26(27)30)31-28(29(32)33-2)24-18-15-14-16-19-24/h14-16,18-21,23,28,31H,3-13,17,22H2,1-2H3. The lowest BCUT2D eigenvalue weighted by Crippen LogP contribution is -2.22. The third kappa shape index (κ3) is 10.8. The van der Waals surface area contributed by atoms with Crippen molar-refractivity contribution in [3.63, 3.8) is 0 Å². The second-order valence-electron chi connectivity index (χ2n) is 8.89. The number of anilines is 1. The third-order valence-electron chi connectivity index (χ3n) is 6.07. The number of nitrogens with one attached hydrogen (secondary N) is 1. The van der Waals surface area contributed by atoms with Crippen molar-refractivity contribution in [3.8, 4) is 5.75 Å². The van der Waals surface area contributed by atoms with Crippen molar-refractivity contribution in [1.29, 1.82) is 0 Å². The Morgan fingerprint density at radius 2 is 1.44 bits per heavy atom. The molecule has 2 rings (SSSR count). The first-order valence-corrected chi connectivity index (χ1v) is 13.3. The number of rotatable bonds is 18. The molecule has 0 radical (unpaired) electrons. The number of unbranched alkanes of at least 4 members (excludes halogenated alkanes) is 11. The molecule has 2 aromatic rings. The van der Waals surface area contributed by atoms with E-state index >= 15 is 0 Å². The van der Waals surface area contributed by atoms with Gasteiger partial charge in [-0.3, -0.25) is 0 Å². The molecule has 1 atom stereocenters. The van der Waals surface area contributed by atoms with Gasteiger partial charge in [0.25, 0.3) is 0 Å². The van der Waals surface area contributed by atoms with Crippen LogP contribution >= 0.6 is 11.6 Å². The molecular weight excluding hydrogens is 446 g/mol. The zero-order valence-electron chi connectivity index (χ0n) is 21.0. The lowest BCUT2D eigenvalue weighted by Gasteiger charge is -2.19. The maximum absolute atomic E-state index is 12.3. The van der Waals surface area contributed by atoms with Crippen LogP contribution in [0.5, 0.6) is 5.75 Å². The Morgan fingerprint density at radius 1 is 0.853 bits per heavy atom. The van der Waals surface area contributed by atoms with Gasteiger partial charge in [0.05, 0.1) is 18.7 Å². The number of ether oxygens (including phenoxy) is 2. The van der Waals surface area contributed by atoms with E-state index in [1.54, 1.807) is 6.07 Å². The molecule has 1 unspecified atom stereocenters. The van der Waals surface area contributed by atoms with Crippen molar-refractivity contribution in [2.24, 2.45) is 0 Å². The SMILES string of the molecule is CCCCCCCCCCCCCCOc1ccc(NC(C(=O)OC)c2ccccc2)cc1Cl. The molecule has 0 aromatic heterocycles. The van der Waals surface area contributed by atoms with Gasteiger partial charge in [0.1, 0.15) is 5.75 Å².